The SMILES string of the molecule is CC(C)c1ccc(C(F)(F)F)cc1NS(=O)(=O)c1c[nH]c2ncncc12. The average Bonchev–Trinajstić information content (AvgIpc) is 2.98. The van der Waals surface area contributed by atoms with Gasteiger partial charge in [0.2, 0.25) is 0 Å². The van der Waals surface area contributed by atoms with E-state index < -0.39 is 21.8 Å². The van der Waals surface area contributed by atoms with E-state index in [-0.39, 0.29) is 21.9 Å². The topological polar surface area (TPSA) is 87.7 Å². The molecule has 3 aromatic rings. The van der Waals surface area contributed by atoms with Gasteiger partial charge in [-0.1, -0.05) is 19.9 Å². The highest BCUT2D eigenvalue weighted by molar-refractivity contribution is 7.93. The van der Waals surface area contributed by atoms with Gasteiger partial charge in [0.05, 0.1) is 16.6 Å². The maximum atomic E-state index is 13.0. The number of anilines is 1. The fraction of sp³-hybridized carbons (Fsp3) is 0.250. The molecule has 2 heterocycles. The van der Waals surface area contributed by atoms with E-state index in [2.05, 4.69) is 19.7 Å². The molecule has 10 heteroatoms. The lowest BCUT2D eigenvalue weighted by Crippen LogP contribution is -2.16. The van der Waals surface area contributed by atoms with Crippen molar-refractivity contribution in [1.82, 2.24) is 15.0 Å². The highest BCUT2D eigenvalue weighted by Crippen LogP contribution is 2.35. The van der Waals surface area contributed by atoms with Crippen molar-refractivity contribution < 1.29 is 21.6 Å². The molecule has 0 saturated heterocycles. The molecule has 0 atom stereocenters. The Morgan fingerprint density at radius 3 is 2.62 bits per heavy atom. The van der Waals surface area contributed by atoms with Crippen molar-refractivity contribution in [2.75, 3.05) is 4.72 Å². The summed E-state index contributed by atoms with van der Waals surface area (Å²) in [4.78, 5) is 10.3. The Hall–Kier alpha value is -2.62. The first-order valence-corrected chi connectivity index (χ1v) is 9.09. The van der Waals surface area contributed by atoms with E-state index >= 15 is 0 Å². The molecule has 1 aromatic carbocycles. The van der Waals surface area contributed by atoms with Gasteiger partial charge in [0.15, 0.2) is 0 Å². The summed E-state index contributed by atoms with van der Waals surface area (Å²) in [5.41, 5.74) is -0.269. The maximum absolute atomic E-state index is 13.0. The minimum absolute atomic E-state index is 0.110. The van der Waals surface area contributed by atoms with E-state index in [1.807, 2.05) is 0 Å². The molecule has 26 heavy (non-hydrogen) atoms. The zero-order chi connectivity index (χ0) is 19.1. The number of halogens is 3. The summed E-state index contributed by atoms with van der Waals surface area (Å²) in [6.45, 7) is 3.53. The van der Waals surface area contributed by atoms with Crippen LogP contribution in [0.5, 0.6) is 0 Å². The Bertz CT molecular complexity index is 1060. The van der Waals surface area contributed by atoms with Crippen LogP contribution in [0.3, 0.4) is 0 Å². The van der Waals surface area contributed by atoms with Gasteiger partial charge in [-0.05, 0) is 23.6 Å². The predicted octanol–water partition coefficient (Wildman–Crippen LogP) is 3.90. The van der Waals surface area contributed by atoms with Crippen molar-refractivity contribution in [2.45, 2.75) is 30.8 Å². The van der Waals surface area contributed by atoms with Crippen LogP contribution in [0.25, 0.3) is 11.0 Å². The predicted molar refractivity (Wildman–Crippen MR) is 90.2 cm³/mol. The Morgan fingerprint density at radius 1 is 1.23 bits per heavy atom. The van der Waals surface area contributed by atoms with Gasteiger partial charge in [-0.3, -0.25) is 4.72 Å². The lowest BCUT2D eigenvalue weighted by Gasteiger charge is -2.17. The Morgan fingerprint density at radius 2 is 1.96 bits per heavy atom. The minimum Gasteiger partial charge on any atom is -0.345 e. The van der Waals surface area contributed by atoms with Crippen LogP contribution in [0.15, 0.2) is 41.8 Å². The Labute approximate surface area is 147 Å². The molecular weight excluding hydrogens is 369 g/mol. The first-order chi connectivity index (χ1) is 12.1. The van der Waals surface area contributed by atoms with Gasteiger partial charge in [-0.25, -0.2) is 18.4 Å². The number of fused-ring (bicyclic) bond motifs is 1. The quantitative estimate of drug-likeness (QED) is 0.714. The molecule has 2 N–H and O–H groups in total. The number of aromatic amines is 1. The number of sulfonamides is 1. The summed E-state index contributed by atoms with van der Waals surface area (Å²) in [7, 11) is -4.14. The molecule has 138 valence electrons. The summed E-state index contributed by atoms with van der Waals surface area (Å²) < 4.78 is 66.8. The highest BCUT2D eigenvalue weighted by atomic mass is 32.2. The standard InChI is InChI=1S/C16H15F3N4O2S/c1-9(2)11-4-3-10(16(17,18)19)5-13(11)23-26(24,25)14-7-21-15-12(14)6-20-8-22-15/h3-9,23H,1-2H3,(H,20,21,22). The number of alkyl halides is 3. The average molecular weight is 384 g/mol. The Kier molecular flexibility index (Phi) is 4.39. The van der Waals surface area contributed by atoms with Crippen molar-refractivity contribution in [2.24, 2.45) is 0 Å². The number of nitrogens with zero attached hydrogens (tertiary/aromatic N) is 2. The first kappa shape index (κ1) is 18.2. The van der Waals surface area contributed by atoms with Crippen molar-refractivity contribution in [3.05, 3.63) is 48.0 Å². The fourth-order valence-electron chi connectivity index (χ4n) is 2.58. The van der Waals surface area contributed by atoms with Gasteiger partial charge >= 0.3 is 6.18 Å². The monoisotopic (exact) mass is 384 g/mol. The molecule has 0 unspecified atom stereocenters. The smallest absolute Gasteiger partial charge is 0.345 e. The molecule has 0 aliphatic carbocycles. The Balaban J connectivity index is 2.09. The van der Waals surface area contributed by atoms with Gasteiger partial charge in [0, 0.05) is 12.4 Å². The van der Waals surface area contributed by atoms with Crippen molar-refractivity contribution in [3.8, 4) is 0 Å². The fourth-order valence-corrected chi connectivity index (χ4v) is 3.81. The van der Waals surface area contributed by atoms with E-state index in [4.69, 9.17) is 0 Å². The van der Waals surface area contributed by atoms with Crippen LogP contribution in [-0.2, 0) is 16.2 Å². The molecular formula is C16H15F3N4O2S. The molecule has 0 saturated carbocycles. The summed E-state index contributed by atoms with van der Waals surface area (Å²) in [6.07, 6.45) is -0.774. The van der Waals surface area contributed by atoms with Crippen LogP contribution < -0.4 is 4.72 Å². The molecule has 0 radical (unpaired) electrons. The van der Waals surface area contributed by atoms with Crippen LogP contribution in [0.2, 0.25) is 0 Å². The highest BCUT2D eigenvalue weighted by Gasteiger charge is 2.32. The van der Waals surface area contributed by atoms with Crippen LogP contribution in [0, 0.1) is 0 Å². The number of H-pyrrole nitrogens is 1. The zero-order valence-electron chi connectivity index (χ0n) is 13.8. The van der Waals surface area contributed by atoms with Crippen LogP contribution >= 0.6 is 0 Å². The second kappa shape index (κ2) is 6.27. The third kappa shape index (κ3) is 3.36. The van der Waals surface area contributed by atoms with Gasteiger partial charge in [-0.2, -0.15) is 13.2 Å². The van der Waals surface area contributed by atoms with Crippen molar-refractivity contribution in [1.29, 1.82) is 0 Å². The summed E-state index contributed by atoms with van der Waals surface area (Å²) in [6, 6.07) is 3.02. The minimum atomic E-state index is -4.58. The number of hydrogen-bond donors (Lipinski definition) is 2. The molecule has 2 aromatic heterocycles. The van der Waals surface area contributed by atoms with Crippen LogP contribution in [0.4, 0.5) is 18.9 Å². The summed E-state index contributed by atoms with van der Waals surface area (Å²) in [5.74, 6) is -0.179. The molecule has 0 bridgehead atoms. The number of benzene rings is 1. The van der Waals surface area contributed by atoms with Gasteiger partial charge in [0.25, 0.3) is 10.0 Å². The third-order valence-corrected chi connectivity index (χ3v) is 5.26. The molecule has 0 amide bonds. The molecule has 0 spiro atoms. The van der Waals surface area contributed by atoms with E-state index in [1.165, 1.54) is 24.8 Å². The van der Waals surface area contributed by atoms with E-state index in [0.29, 0.717) is 11.2 Å². The molecule has 6 nitrogen and oxygen atoms in total. The lowest BCUT2D eigenvalue weighted by molar-refractivity contribution is -0.137. The third-order valence-electron chi connectivity index (χ3n) is 3.85. The normalized spacial score (nSPS) is 12.7. The van der Waals surface area contributed by atoms with Crippen LogP contribution in [0.1, 0.15) is 30.9 Å². The maximum Gasteiger partial charge on any atom is 0.416 e. The molecule has 0 aliphatic rings. The summed E-state index contributed by atoms with van der Waals surface area (Å²) >= 11 is 0. The van der Waals surface area contributed by atoms with E-state index in [1.54, 1.807) is 13.8 Å². The number of nitrogens with one attached hydrogen (secondary N) is 2. The van der Waals surface area contributed by atoms with E-state index in [0.717, 1.165) is 12.1 Å². The molecule has 3 rings (SSSR count). The number of rotatable bonds is 4. The second-order valence-electron chi connectivity index (χ2n) is 6.00. The van der Waals surface area contributed by atoms with Gasteiger partial charge in [-0.15, -0.1) is 0 Å². The van der Waals surface area contributed by atoms with E-state index in [9.17, 15) is 21.6 Å². The molecule has 0 aliphatic heterocycles. The van der Waals surface area contributed by atoms with Crippen molar-refractivity contribution in [3.63, 3.8) is 0 Å². The summed E-state index contributed by atoms with van der Waals surface area (Å²) in [5, 5.41) is 0.248. The van der Waals surface area contributed by atoms with Gasteiger partial charge in [0.1, 0.15) is 16.9 Å². The second-order valence-corrected chi connectivity index (χ2v) is 7.65. The van der Waals surface area contributed by atoms with Crippen LogP contribution in [-0.4, -0.2) is 23.4 Å². The number of hydrogen-bond acceptors (Lipinski definition) is 4. The number of aromatic nitrogens is 3. The zero-order valence-corrected chi connectivity index (χ0v) is 14.6. The first-order valence-electron chi connectivity index (χ1n) is 7.60. The van der Waals surface area contributed by atoms with Gasteiger partial charge < -0.3 is 4.98 Å². The largest absolute Gasteiger partial charge is 0.416 e. The lowest BCUT2D eigenvalue weighted by atomic mass is 9.99. The van der Waals surface area contributed by atoms with Crippen molar-refractivity contribution >= 4 is 26.7 Å². The molecule has 0 fully saturated rings.